The zero-order chi connectivity index (χ0) is 27.8. The summed E-state index contributed by atoms with van der Waals surface area (Å²) in [6, 6.07) is 0. The fraction of sp³-hybridized carbons (Fsp3) is 0.971. The van der Waals surface area contributed by atoms with Gasteiger partial charge in [-0.15, -0.1) is 0 Å². The molecule has 0 aromatic rings. The Morgan fingerprint density at radius 1 is 0.897 bits per heavy atom. The fourth-order valence-corrected chi connectivity index (χ4v) is 12.7. The first kappa shape index (κ1) is 28.7. The van der Waals surface area contributed by atoms with Crippen molar-refractivity contribution in [2.24, 2.45) is 62.6 Å². The molecule has 11 atom stereocenters. The molecule has 1 aliphatic heterocycles. The number of aliphatic hydroxyl groups excluding tert-OH is 1. The van der Waals surface area contributed by atoms with Crippen LogP contribution >= 0.6 is 0 Å². The third-order valence-corrected chi connectivity index (χ3v) is 15.1. The molecule has 4 heteroatoms. The van der Waals surface area contributed by atoms with Crippen LogP contribution in [0.3, 0.4) is 0 Å². The SMILES string of the molecule is CC(CO)[C@@H]1CC[C@]2(COC3CCCCO3)CC[C@]3(C)[C@H](CC[C@@H]4[C@@]5(C)CCC(=O)C(C)(C)[C@@H]5CC[C@]43C)[C@@H]12. The molecule has 6 fully saturated rings. The summed E-state index contributed by atoms with van der Waals surface area (Å²) in [6.07, 6.45) is 15.4. The standard InChI is InChI=1S/C35H58O4/c1-23(21-36)24-12-17-35(22-39-29-9-7-8-20-38-29)19-18-33(5)25(30(24)35)10-11-27-32(4)15-14-28(37)31(2,3)26(32)13-16-34(27,33)6/h23-27,29-30,36H,7-22H2,1-6H3/t23?,24-,25+,26-,27+,29?,30+,32-,33+,34+,35+/m0/s1. The molecule has 5 aliphatic carbocycles. The van der Waals surface area contributed by atoms with Crippen LogP contribution in [0.5, 0.6) is 0 Å². The normalized spacial score (nSPS) is 51.8. The minimum atomic E-state index is -0.181. The number of carbonyl (C=O) groups is 1. The maximum atomic E-state index is 13.1. The van der Waals surface area contributed by atoms with Gasteiger partial charge in [0.2, 0.25) is 0 Å². The molecule has 6 aliphatic rings. The lowest BCUT2D eigenvalue weighted by Gasteiger charge is -2.72. The van der Waals surface area contributed by atoms with Crippen LogP contribution in [-0.4, -0.2) is 37.0 Å². The Morgan fingerprint density at radius 2 is 1.69 bits per heavy atom. The minimum Gasteiger partial charge on any atom is -0.396 e. The first-order valence-corrected chi connectivity index (χ1v) is 16.8. The van der Waals surface area contributed by atoms with E-state index in [1.54, 1.807) is 0 Å². The first-order valence-electron chi connectivity index (χ1n) is 16.8. The van der Waals surface area contributed by atoms with Gasteiger partial charge in [0.15, 0.2) is 6.29 Å². The smallest absolute Gasteiger partial charge is 0.157 e. The maximum Gasteiger partial charge on any atom is 0.157 e. The van der Waals surface area contributed by atoms with Gasteiger partial charge in [-0.05, 0) is 134 Å². The van der Waals surface area contributed by atoms with Crippen LogP contribution in [0.15, 0.2) is 0 Å². The molecule has 222 valence electrons. The predicted octanol–water partition coefficient (Wildman–Crippen LogP) is 7.81. The van der Waals surface area contributed by atoms with Crippen molar-refractivity contribution in [3.05, 3.63) is 0 Å². The Balaban J connectivity index is 1.32. The van der Waals surface area contributed by atoms with E-state index in [1.165, 1.54) is 57.8 Å². The number of Topliss-reactive ketones (excluding diaryl/α,β-unsaturated/α-hetero) is 1. The summed E-state index contributed by atoms with van der Waals surface area (Å²) in [5.74, 6) is 4.00. The summed E-state index contributed by atoms with van der Waals surface area (Å²) in [4.78, 5) is 13.1. The van der Waals surface area contributed by atoms with E-state index in [1.807, 2.05) is 0 Å². The van der Waals surface area contributed by atoms with Crippen LogP contribution < -0.4 is 0 Å². The Bertz CT molecular complexity index is 939. The molecule has 0 spiro atoms. The number of fused-ring (bicyclic) bond motifs is 7. The second kappa shape index (κ2) is 9.80. The van der Waals surface area contributed by atoms with Gasteiger partial charge in [0, 0.05) is 25.0 Å². The summed E-state index contributed by atoms with van der Waals surface area (Å²) in [7, 11) is 0. The van der Waals surface area contributed by atoms with E-state index in [-0.39, 0.29) is 22.5 Å². The molecule has 0 amide bonds. The highest BCUT2D eigenvalue weighted by Gasteiger charge is 2.71. The minimum absolute atomic E-state index is 0.0164. The Hall–Kier alpha value is -0.450. The lowest BCUT2D eigenvalue weighted by Crippen LogP contribution is -2.66. The van der Waals surface area contributed by atoms with Crippen molar-refractivity contribution in [3.8, 4) is 0 Å². The number of hydrogen-bond donors (Lipinski definition) is 1. The zero-order valence-electron chi connectivity index (χ0n) is 26.0. The summed E-state index contributed by atoms with van der Waals surface area (Å²) in [6.45, 7) is 16.8. The molecular weight excluding hydrogens is 484 g/mol. The van der Waals surface area contributed by atoms with Gasteiger partial charge >= 0.3 is 0 Å². The van der Waals surface area contributed by atoms with Gasteiger partial charge < -0.3 is 14.6 Å². The molecule has 4 nitrogen and oxygen atoms in total. The average molecular weight is 543 g/mol. The van der Waals surface area contributed by atoms with E-state index < -0.39 is 0 Å². The molecule has 1 heterocycles. The Morgan fingerprint density at radius 3 is 2.41 bits per heavy atom. The largest absolute Gasteiger partial charge is 0.396 e. The zero-order valence-corrected chi connectivity index (χ0v) is 26.0. The average Bonchev–Trinajstić information content (AvgIpc) is 3.30. The lowest BCUT2D eigenvalue weighted by atomic mass is 9.32. The van der Waals surface area contributed by atoms with Crippen LogP contribution in [0.2, 0.25) is 0 Å². The van der Waals surface area contributed by atoms with E-state index in [9.17, 15) is 9.90 Å². The number of aliphatic hydroxyl groups is 1. The van der Waals surface area contributed by atoms with Crippen molar-refractivity contribution in [3.63, 3.8) is 0 Å². The van der Waals surface area contributed by atoms with E-state index in [0.29, 0.717) is 58.7 Å². The van der Waals surface area contributed by atoms with Crippen LogP contribution in [0, 0.1) is 62.6 Å². The van der Waals surface area contributed by atoms with Crippen LogP contribution in [0.4, 0.5) is 0 Å². The van der Waals surface area contributed by atoms with Gasteiger partial charge in [0.1, 0.15) is 5.78 Å². The van der Waals surface area contributed by atoms with Crippen molar-refractivity contribution < 1.29 is 19.4 Å². The van der Waals surface area contributed by atoms with Crippen molar-refractivity contribution in [2.75, 3.05) is 19.8 Å². The second-order valence-electron chi connectivity index (χ2n) is 16.7. The fourth-order valence-electron chi connectivity index (χ4n) is 12.7. The van der Waals surface area contributed by atoms with Gasteiger partial charge in [-0.2, -0.15) is 0 Å². The molecule has 0 bridgehead atoms. The molecule has 5 saturated carbocycles. The summed E-state index contributed by atoms with van der Waals surface area (Å²) >= 11 is 0. The van der Waals surface area contributed by atoms with Crippen molar-refractivity contribution >= 4 is 5.78 Å². The van der Waals surface area contributed by atoms with E-state index >= 15 is 0 Å². The Labute approximate surface area is 238 Å². The van der Waals surface area contributed by atoms with Gasteiger partial charge in [-0.1, -0.05) is 41.5 Å². The second-order valence-corrected chi connectivity index (χ2v) is 16.7. The molecule has 1 N–H and O–H groups in total. The number of carbonyl (C=O) groups excluding carboxylic acids is 1. The monoisotopic (exact) mass is 542 g/mol. The summed E-state index contributed by atoms with van der Waals surface area (Å²) < 4.78 is 12.7. The van der Waals surface area contributed by atoms with E-state index in [2.05, 4.69) is 41.5 Å². The molecule has 39 heavy (non-hydrogen) atoms. The quantitative estimate of drug-likeness (QED) is 0.385. The van der Waals surface area contributed by atoms with Gasteiger partial charge in [-0.3, -0.25) is 4.79 Å². The van der Waals surface area contributed by atoms with Crippen LogP contribution in [0.1, 0.15) is 125 Å². The number of ether oxygens (including phenoxy) is 2. The van der Waals surface area contributed by atoms with Gasteiger partial charge in [0.25, 0.3) is 0 Å². The molecule has 0 aromatic heterocycles. The number of rotatable bonds is 5. The molecule has 6 rings (SSSR count). The van der Waals surface area contributed by atoms with Crippen LogP contribution in [-0.2, 0) is 14.3 Å². The first-order chi connectivity index (χ1) is 18.4. The van der Waals surface area contributed by atoms with Crippen molar-refractivity contribution in [1.29, 1.82) is 0 Å². The van der Waals surface area contributed by atoms with Gasteiger partial charge in [0.05, 0.1) is 6.61 Å². The molecule has 2 unspecified atom stereocenters. The third kappa shape index (κ3) is 4.03. The molecule has 0 aromatic carbocycles. The van der Waals surface area contributed by atoms with E-state index in [4.69, 9.17) is 9.47 Å². The molecular formula is C35H58O4. The lowest BCUT2D eigenvalue weighted by molar-refractivity contribution is -0.248. The third-order valence-electron chi connectivity index (χ3n) is 15.1. The number of hydrogen-bond acceptors (Lipinski definition) is 4. The van der Waals surface area contributed by atoms with Gasteiger partial charge in [-0.25, -0.2) is 0 Å². The summed E-state index contributed by atoms with van der Waals surface area (Å²) in [5, 5.41) is 10.4. The van der Waals surface area contributed by atoms with E-state index in [0.717, 1.165) is 38.9 Å². The van der Waals surface area contributed by atoms with Crippen molar-refractivity contribution in [2.45, 2.75) is 131 Å². The predicted molar refractivity (Wildman–Crippen MR) is 155 cm³/mol. The highest BCUT2D eigenvalue weighted by molar-refractivity contribution is 5.85. The molecule has 1 saturated heterocycles. The molecule has 0 radical (unpaired) electrons. The highest BCUT2D eigenvalue weighted by Crippen LogP contribution is 2.77. The highest BCUT2D eigenvalue weighted by atomic mass is 16.7. The summed E-state index contributed by atoms with van der Waals surface area (Å²) in [5.41, 5.74) is 0.944. The van der Waals surface area contributed by atoms with Crippen LogP contribution in [0.25, 0.3) is 0 Å². The maximum absolute atomic E-state index is 13.1. The Kier molecular flexibility index (Phi) is 7.20. The topological polar surface area (TPSA) is 55.8 Å². The van der Waals surface area contributed by atoms with Crippen molar-refractivity contribution in [1.82, 2.24) is 0 Å². The number of ketones is 1.